The second kappa shape index (κ2) is 10.0. The fourth-order valence-corrected chi connectivity index (χ4v) is 9.03. The third-order valence-corrected chi connectivity index (χ3v) is 10.3. The topological polar surface area (TPSA) is 87.2 Å². The third kappa shape index (κ3) is 3.96. The molecule has 1 spiro atoms. The van der Waals surface area contributed by atoms with Crippen LogP contribution in [0.1, 0.15) is 40.5 Å². The number of rotatable bonds is 9. The molecular weight excluding hydrogens is 500 g/mol. The van der Waals surface area contributed by atoms with Gasteiger partial charge in [0.15, 0.2) is 0 Å². The van der Waals surface area contributed by atoms with E-state index in [1.165, 1.54) is 0 Å². The van der Waals surface area contributed by atoms with Crippen molar-refractivity contribution in [2.45, 2.75) is 62.1 Å². The first kappa shape index (κ1) is 27.0. The molecule has 2 unspecified atom stereocenters. The second-order valence-electron chi connectivity index (χ2n) is 10.4. The normalized spacial score (nSPS) is 31.5. The van der Waals surface area contributed by atoms with Crippen molar-refractivity contribution < 1.29 is 24.2 Å². The van der Waals surface area contributed by atoms with E-state index in [1.807, 2.05) is 26.8 Å². The molecule has 2 bridgehead atoms. The maximum absolute atomic E-state index is 14.5. The van der Waals surface area contributed by atoms with Gasteiger partial charge >= 0.3 is 5.97 Å². The molecule has 6 atom stereocenters. The number of carbonyl (C=O) groups excluding carboxylic acids is 3. The summed E-state index contributed by atoms with van der Waals surface area (Å²) in [7, 11) is 0. The van der Waals surface area contributed by atoms with Crippen LogP contribution in [-0.2, 0) is 19.1 Å². The summed E-state index contributed by atoms with van der Waals surface area (Å²) in [6.07, 6.45) is 2.95. The molecule has 1 N–H and O–H groups in total. The van der Waals surface area contributed by atoms with Gasteiger partial charge in [-0.25, -0.2) is 0 Å². The van der Waals surface area contributed by atoms with Crippen LogP contribution in [0.3, 0.4) is 0 Å². The number of hydrogen-bond acceptors (Lipinski definition) is 6. The highest BCUT2D eigenvalue weighted by Crippen LogP contribution is 2.72. The molecule has 3 fully saturated rings. The highest BCUT2D eigenvalue weighted by Gasteiger charge is 2.78. The van der Waals surface area contributed by atoms with Crippen molar-refractivity contribution in [2.75, 3.05) is 24.7 Å². The summed E-state index contributed by atoms with van der Waals surface area (Å²) in [5.41, 5.74) is 0.534. The molecule has 3 aliphatic heterocycles. The molecule has 36 heavy (non-hydrogen) atoms. The molecule has 0 radical (unpaired) electrons. The Kier molecular flexibility index (Phi) is 7.53. The predicted octanol–water partition coefficient (Wildman–Crippen LogP) is 3.92. The molecule has 3 heterocycles. The zero-order valence-electron chi connectivity index (χ0n) is 21.3. The zero-order valence-corrected chi connectivity index (χ0v) is 22.8. The maximum atomic E-state index is 14.5. The summed E-state index contributed by atoms with van der Waals surface area (Å²) < 4.78 is 4.13. The number of esters is 1. The van der Waals surface area contributed by atoms with Gasteiger partial charge in [0.2, 0.25) is 5.91 Å². The Labute approximate surface area is 222 Å². The number of likely N-dealkylation sites (tertiary alicyclic amines) is 1. The first-order valence-electron chi connectivity index (χ1n) is 12.5. The lowest BCUT2D eigenvalue weighted by Gasteiger charge is -2.40. The molecule has 0 aromatic heterocycles. The fourth-order valence-electron chi connectivity index (χ4n) is 6.46. The van der Waals surface area contributed by atoms with Crippen LogP contribution in [-0.4, -0.2) is 69.1 Å². The van der Waals surface area contributed by atoms with Gasteiger partial charge in [-0.1, -0.05) is 43.7 Å². The Balaban J connectivity index is 1.88. The van der Waals surface area contributed by atoms with Crippen LogP contribution < -0.4 is 4.90 Å². The Morgan fingerprint density at radius 2 is 2.06 bits per heavy atom. The molecule has 3 aliphatic rings. The molecule has 196 valence electrons. The number of amides is 2. The highest BCUT2D eigenvalue weighted by molar-refractivity contribution is 8.02. The minimum absolute atomic E-state index is 0.100. The van der Waals surface area contributed by atoms with Crippen molar-refractivity contribution in [2.24, 2.45) is 17.8 Å². The van der Waals surface area contributed by atoms with Crippen molar-refractivity contribution in [1.82, 2.24) is 4.90 Å². The number of aliphatic hydroxyl groups excluding tert-OH is 1. The maximum Gasteiger partial charge on any atom is 0.311 e. The largest absolute Gasteiger partial charge is 0.466 e. The van der Waals surface area contributed by atoms with Gasteiger partial charge in [0, 0.05) is 11.3 Å². The first-order valence-corrected chi connectivity index (χ1v) is 13.7. The number of anilines is 1. The number of carbonyl (C=O) groups is 3. The van der Waals surface area contributed by atoms with Crippen molar-refractivity contribution in [3.63, 3.8) is 0 Å². The smallest absolute Gasteiger partial charge is 0.311 e. The van der Waals surface area contributed by atoms with Crippen molar-refractivity contribution in [1.29, 1.82) is 0 Å². The lowest BCUT2D eigenvalue weighted by molar-refractivity contribution is -0.155. The average Bonchev–Trinajstić information content (AvgIpc) is 3.39. The number of halogens is 1. The number of hydrogen-bond donors (Lipinski definition) is 1. The molecule has 0 saturated carbocycles. The van der Waals surface area contributed by atoms with Crippen LogP contribution in [0.5, 0.6) is 0 Å². The molecule has 9 heteroatoms. The number of para-hydroxylation sites is 1. The molecule has 1 aromatic carbocycles. The Morgan fingerprint density at radius 3 is 2.64 bits per heavy atom. The molecule has 3 saturated heterocycles. The summed E-state index contributed by atoms with van der Waals surface area (Å²) in [5, 5.41) is 10.8. The predicted molar refractivity (Wildman–Crippen MR) is 142 cm³/mol. The van der Waals surface area contributed by atoms with Gasteiger partial charge in [-0.05, 0) is 44.7 Å². The number of benzene rings is 1. The summed E-state index contributed by atoms with van der Waals surface area (Å²) in [6, 6.07) is 5.66. The van der Waals surface area contributed by atoms with Crippen LogP contribution in [0.15, 0.2) is 36.9 Å². The van der Waals surface area contributed by atoms with Crippen LogP contribution in [0.25, 0.3) is 0 Å². The number of thioether (sulfide) groups is 1. The van der Waals surface area contributed by atoms with E-state index in [4.69, 9.17) is 16.3 Å². The van der Waals surface area contributed by atoms with Gasteiger partial charge in [0.25, 0.3) is 5.91 Å². The SMILES string of the molecule is C=CCN(C(=O)C1N([C@@H](CO)C(C)C)C(=O)[C@@H]2[C@@H](C(=O)OCC)[C@@]3(C)CCC12S3)c1ccccc1Cl. The van der Waals surface area contributed by atoms with E-state index < -0.39 is 33.4 Å². The lowest BCUT2D eigenvalue weighted by atomic mass is 9.66. The Morgan fingerprint density at radius 1 is 1.36 bits per heavy atom. The third-order valence-electron chi connectivity index (χ3n) is 8.02. The van der Waals surface area contributed by atoms with Gasteiger partial charge in [0.1, 0.15) is 6.04 Å². The van der Waals surface area contributed by atoms with E-state index in [9.17, 15) is 19.5 Å². The van der Waals surface area contributed by atoms with E-state index in [1.54, 1.807) is 52.8 Å². The van der Waals surface area contributed by atoms with Crippen molar-refractivity contribution in [3.05, 3.63) is 41.9 Å². The van der Waals surface area contributed by atoms with Crippen molar-refractivity contribution in [3.8, 4) is 0 Å². The Bertz CT molecular complexity index is 1070. The van der Waals surface area contributed by atoms with E-state index in [0.717, 1.165) is 0 Å². The quantitative estimate of drug-likeness (QED) is 0.382. The zero-order chi connectivity index (χ0) is 26.4. The molecule has 1 aromatic rings. The standard InChI is InChI=1S/C27H35ClN2O5S/c1-6-14-29(18-11-9-8-10-17(18)28)24(33)22-27-13-12-26(5,36-27)21(25(34)35-7-2)20(27)23(32)30(22)19(15-31)16(3)4/h6,8-11,16,19-22,31H,1,7,12-15H2,2-5H3/t19-,20-,21-,22?,26+,27?/m0/s1. The van der Waals surface area contributed by atoms with Gasteiger partial charge in [-0.3, -0.25) is 14.4 Å². The second-order valence-corrected chi connectivity index (χ2v) is 12.7. The number of ether oxygens (including phenoxy) is 1. The number of fused-ring (bicyclic) bond motifs is 1. The van der Waals surface area contributed by atoms with Crippen LogP contribution in [0.2, 0.25) is 5.02 Å². The lowest BCUT2D eigenvalue weighted by Crippen LogP contribution is -2.58. The van der Waals surface area contributed by atoms with Crippen LogP contribution >= 0.6 is 23.4 Å². The van der Waals surface area contributed by atoms with Gasteiger partial charge in [-0.2, -0.15) is 0 Å². The van der Waals surface area contributed by atoms with Gasteiger partial charge in [-0.15, -0.1) is 18.3 Å². The summed E-state index contributed by atoms with van der Waals surface area (Å²) in [5.74, 6) is -2.37. The van der Waals surface area contributed by atoms with Crippen molar-refractivity contribution >= 4 is 46.8 Å². The summed E-state index contributed by atoms with van der Waals surface area (Å²) in [6.45, 7) is 11.6. The number of aliphatic hydroxyl groups is 1. The first-order chi connectivity index (χ1) is 17.1. The minimum atomic E-state index is -0.864. The van der Waals surface area contributed by atoms with E-state index in [0.29, 0.717) is 23.6 Å². The minimum Gasteiger partial charge on any atom is -0.466 e. The summed E-state index contributed by atoms with van der Waals surface area (Å²) in [4.78, 5) is 45.1. The van der Waals surface area contributed by atoms with Crippen LogP contribution in [0.4, 0.5) is 5.69 Å². The molecule has 7 nitrogen and oxygen atoms in total. The Hall–Kier alpha value is -2.03. The van der Waals surface area contributed by atoms with E-state index in [2.05, 4.69) is 6.58 Å². The average molecular weight is 535 g/mol. The van der Waals surface area contributed by atoms with Crippen LogP contribution in [0, 0.1) is 17.8 Å². The van der Waals surface area contributed by atoms with E-state index >= 15 is 0 Å². The molecule has 0 aliphatic carbocycles. The number of nitrogens with zero attached hydrogens (tertiary/aromatic N) is 2. The molecule has 4 rings (SSSR count). The molecular formula is C27H35ClN2O5S. The monoisotopic (exact) mass is 534 g/mol. The van der Waals surface area contributed by atoms with E-state index in [-0.39, 0.29) is 43.5 Å². The van der Waals surface area contributed by atoms with Gasteiger partial charge in [0.05, 0.1) is 46.5 Å². The fraction of sp³-hybridized carbons (Fsp3) is 0.593. The summed E-state index contributed by atoms with van der Waals surface area (Å²) >= 11 is 8.09. The van der Waals surface area contributed by atoms with Gasteiger partial charge < -0.3 is 19.6 Å². The molecule has 2 amide bonds. The highest BCUT2D eigenvalue weighted by atomic mass is 35.5.